The molecular formula is C19H27N3O2. The number of hydrogen-bond acceptors (Lipinski definition) is 3. The van der Waals surface area contributed by atoms with Crippen LogP contribution in [-0.4, -0.2) is 42.0 Å². The molecule has 1 heterocycles. The van der Waals surface area contributed by atoms with E-state index in [1.807, 2.05) is 13.0 Å². The lowest BCUT2D eigenvalue weighted by Gasteiger charge is -2.35. The zero-order valence-corrected chi connectivity index (χ0v) is 14.3. The number of rotatable bonds is 5. The van der Waals surface area contributed by atoms with E-state index < -0.39 is 0 Å². The summed E-state index contributed by atoms with van der Waals surface area (Å²) in [5.41, 5.74) is 1.39. The molecule has 1 aromatic rings. The van der Waals surface area contributed by atoms with Crippen LogP contribution in [0.5, 0.6) is 0 Å². The predicted octanol–water partition coefficient (Wildman–Crippen LogP) is 2.32. The third-order valence-corrected chi connectivity index (χ3v) is 5.09. The van der Waals surface area contributed by atoms with E-state index in [-0.39, 0.29) is 24.0 Å². The number of amides is 3. The lowest BCUT2D eigenvalue weighted by Crippen LogP contribution is -2.51. The summed E-state index contributed by atoms with van der Waals surface area (Å²) < 4.78 is 0. The second-order valence-electron chi connectivity index (χ2n) is 7.08. The molecule has 0 aromatic heterocycles. The van der Waals surface area contributed by atoms with Crippen molar-refractivity contribution in [3.8, 4) is 0 Å². The molecule has 2 fully saturated rings. The molecule has 3 rings (SSSR count). The molecule has 5 nitrogen and oxygen atoms in total. The molecule has 1 atom stereocenters. The second-order valence-corrected chi connectivity index (χ2v) is 7.08. The number of benzene rings is 1. The van der Waals surface area contributed by atoms with Crippen LogP contribution in [0.3, 0.4) is 0 Å². The summed E-state index contributed by atoms with van der Waals surface area (Å²) in [7, 11) is 0. The van der Waals surface area contributed by atoms with Gasteiger partial charge >= 0.3 is 6.03 Å². The van der Waals surface area contributed by atoms with Crippen molar-refractivity contribution in [2.45, 2.75) is 51.1 Å². The Kier molecular flexibility index (Phi) is 5.51. The second kappa shape index (κ2) is 7.79. The first-order chi connectivity index (χ1) is 11.6. The average molecular weight is 329 g/mol. The molecule has 0 unspecified atom stereocenters. The van der Waals surface area contributed by atoms with Crippen molar-refractivity contribution >= 4 is 11.9 Å². The smallest absolute Gasteiger partial charge is 0.321 e. The van der Waals surface area contributed by atoms with Gasteiger partial charge in [0.05, 0.1) is 6.04 Å². The van der Waals surface area contributed by atoms with Crippen LogP contribution >= 0.6 is 0 Å². The molecule has 1 saturated carbocycles. The van der Waals surface area contributed by atoms with Crippen LogP contribution in [-0.2, 0) is 11.2 Å². The van der Waals surface area contributed by atoms with E-state index in [1.165, 1.54) is 5.56 Å². The zero-order valence-electron chi connectivity index (χ0n) is 14.3. The highest BCUT2D eigenvalue weighted by Crippen LogP contribution is 2.23. The minimum Gasteiger partial charge on any atom is -0.335 e. The lowest BCUT2D eigenvalue weighted by molar-refractivity contribution is -0.125. The number of piperidine rings is 1. The van der Waals surface area contributed by atoms with E-state index in [4.69, 9.17) is 0 Å². The van der Waals surface area contributed by atoms with Gasteiger partial charge in [-0.25, -0.2) is 4.79 Å². The maximum absolute atomic E-state index is 12.2. The number of hydrogen-bond donors (Lipinski definition) is 2. The summed E-state index contributed by atoms with van der Waals surface area (Å²) >= 11 is 0. The molecule has 0 bridgehead atoms. The lowest BCUT2D eigenvalue weighted by atomic mass is 9.89. The van der Waals surface area contributed by atoms with Crippen molar-refractivity contribution in [1.29, 1.82) is 0 Å². The van der Waals surface area contributed by atoms with Gasteiger partial charge in [0.1, 0.15) is 0 Å². The van der Waals surface area contributed by atoms with Crippen molar-refractivity contribution in [2.24, 2.45) is 5.92 Å². The Morgan fingerprint density at radius 3 is 2.42 bits per heavy atom. The van der Waals surface area contributed by atoms with Crippen LogP contribution in [0.4, 0.5) is 4.79 Å². The topological polar surface area (TPSA) is 61.4 Å². The molecule has 2 N–H and O–H groups in total. The Morgan fingerprint density at radius 2 is 1.79 bits per heavy atom. The minimum absolute atomic E-state index is 0.199. The van der Waals surface area contributed by atoms with Gasteiger partial charge in [-0.1, -0.05) is 30.3 Å². The summed E-state index contributed by atoms with van der Waals surface area (Å²) in [6.45, 7) is 3.71. The third-order valence-electron chi connectivity index (χ3n) is 5.09. The van der Waals surface area contributed by atoms with E-state index in [0.717, 1.165) is 45.2 Å². The number of urea groups is 1. The summed E-state index contributed by atoms with van der Waals surface area (Å²) in [6, 6.07) is 10.2. The standard InChI is InChI=1S/C19H27N3O2/c1-14(18(23)21-19(24)20-17-7-8-17)22-11-9-16(10-12-22)13-15-5-3-2-4-6-15/h2-6,14,16-17H,7-13H2,1H3,(H2,20,21,23,24)/t14-/m0/s1. The quantitative estimate of drug-likeness (QED) is 0.871. The van der Waals surface area contributed by atoms with E-state index in [1.54, 1.807) is 0 Å². The highest BCUT2D eigenvalue weighted by molar-refractivity contribution is 5.96. The largest absolute Gasteiger partial charge is 0.335 e. The molecule has 1 aliphatic heterocycles. The van der Waals surface area contributed by atoms with E-state index in [2.05, 4.69) is 39.8 Å². The number of nitrogens with one attached hydrogen (secondary N) is 2. The van der Waals surface area contributed by atoms with Gasteiger partial charge in [-0.05, 0) is 63.6 Å². The number of likely N-dealkylation sites (tertiary alicyclic amines) is 1. The van der Waals surface area contributed by atoms with Crippen LogP contribution in [0.1, 0.15) is 38.2 Å². The molecule has 3 amide bonds. The van der Waals surface area contributed by atoms with Crippen molar-refractivity contribution in [3.05, 3.63) is 35.9 Å². The van der Waals surface area contributed by atoms with Crippen molar-refractivity contribution in [1.82, 2.24) is 15.5 Å². The molecule has 5 heteroatoms. The zero-order chi connectivity index (χ0) is 16.9. The van der Waals surface area contributed by atoms with E-state index in [0.29, 0.717) is 5.92 Å². The average Bonchev–Trinajstić information content (AvgIpc) is 3.39. The highest BCUT2D eigenvalue weighted by Gasteiger charge is 2.29. The SMILES string of the molecule is C[C@@H](C(=O)NC(=O)NC1CC1)N1CCC(Cc2ccccc2)CC1. The van der Waals surface area contributed by atoms with Gasteiger partial charge in [0.15, 0.2) is 0 Å². The molecule has 1 aliphatic carbocycles. The highest BCUT2D eigenvalue weighted by atomic mass is 16.2. The summed E-state index contributed by atoms with van der Waals surface area (Å²) in [5, 5.41) is 5.26. The van der Waals surface area contributed by atoms with Crippen molar-refractivity contribution in [2.75, 3.05) is 13.1 Å². The van der Waals surface area contributed by atoms with E-state index in [9.17, 15) is 9.59 Å². The molecule has 1 saturated heterocycles. The first-order valence-electron chi connectivity index (χ1n) is 9.01. The minimum atomic E-state index is -0.353. The Labute approximate surface area is 143 Å². The maximum atomic E-state index is 12.2. The Morgan fingerprint density at radius 1 is 1.12 bits per heavy atom. The first kappa shape index (κ1) is 17.0. The van der Waals surface area contributed by atoms with Crippen LogP contribution in [0.15, 0.2) is 30.3 Å². The molecule has 130 valence electrons. The normalized spacial score (nSPS) is 20.4. The van der Waals surface area contributed by atoms with Crippen LogP contribution < -0.4 is 10.6 Å². The van der Waals surface area contributed by atoms with Gasteiger partial charge in [0, 0.05) is 6.04 Å². The molecule has 0 spiro atoms. The van der Waals surface area contributed by atoms with Gasteiger partial charge in [-0.3, -0.25) is 15.0 Å². The summed E-state index contributed by atoms with van der Waals surface area (Å²) in [5.74, 6) is 0.478. The van der Waals surface area contributed by atoms with Gasteiger partial charge in [-0.2, -0.15) is 0 Å². The van der Waals surface area contributed by atoms with Gasteiger partial charge in [0.2, 0.25) is 5.91 Å². The van der Waals surface area contributed by atoms with Crippen LogP contribution in [0.25, 0.3) is 0 Å². The number of carbonyl (C=O) groups is 2. The fourth-order valence-electron chi connectivity index (χ4n) is 3.32. The van der Waals surface area contributed by atoms with E-state index >= 15 is 0 Å². The molecule has 0 radical (unpaired) electrons. The van der Waals surface area contributed by atoms with Gasteiger partial charge in [0.25, 0.3) is 0 Å². The van der Waals surface area contributed by atoms with Crippen LogP contribution in [0.2, 0.25) is 0 Å². The first-order valence-corrected chi connectivity index (χ1v) is 9.01. The van der Waals surface area contributed by atoms with Gasteiger partial charge < -0.3 is 5.32 Å². The predicted molar refractivity (Wildman–Crippen MR) is 93.6 cm³/mol. The third kappa shape index (κ3) is 4.81. The number of carbonyl (C=O) groups excluding carboxylic acids is 2. The molecule has 24 heavy (non-hydrogen) atoms. The van der Waals surface area contributed by atoms with Crippen molar-refractivity contribution < 1.29 is 9.59 Å². The summed E-state index contributed by atoms with van der Waals surface area (Å²) in [4.78, 5) is 26.1. The molecular weight excluding hydrogens is 302 g/mol. The Balaban J connectivity index is 1.41. The monoisotopic (exact) mass is 329 g/mol. The molecule has 1 aromatic carbocycles. The summed E-state index contributed by atoms with van der Waals surface area (Å²) in [6.07, 6.45) is 5.35. The van der Waals surface area contributed by atoms with Crippen LogP contribution in [0, 0.1) is 5.92 Å². The molecule has 2 aliphatic rings. The van der Waals surface area contributed by atoms with Gasteiger partial charge in [-0.15, -0.1) is 0 Å². The van der Waals surface area contributed by atoms with Crippen molar-refractivity contribution in [3.63, 3.8) is 0 Å². The number of nitrogens with zero attached hydrogens (tertiary/aromatic N) is 1. The maximum Gasteiger partial charge on any atom is 0.321 e. The Hall–Kier alpha value is -1.88. The Bertz CT molecular complexity index is 563. The fourth-order valence-corrected chi connectivity index (χ4v) is 3.32. The number of imide groups is 1. The fraction of sp³-hybridized carbons (Fsp3) is 0.579.